The average Bonchev–Trinajstić information content (AvgIpc) is 3.38. The van der Waals surface area contributed by atoms with Gasteiger partial charge in [0.1, 0.15) is 5.69 Å². The van der Waals surface area contributed by atoms with Gasteiger partial charge in [-0.05, 0) is 18.2 Å². The molecule has 0 aliphatic rings. The minimum Gasteiger partial charge on any atom is -0.245 e. The number of anilines is 1. The molecule has 0 radical (unpaired) electrons. The number of aromatic nitrogens is 4. The van der Waals surface area contributed by atoms with Gasteiger partial charge in [-0.1, -0.05) is 97.1 Å². The van der Waals surface area contributed by atoms with Crippen LogP contribution in [0.5, 0.6) is 0 Å². The molecule has 0 saturated carbocycles. The van der Waals surface area contributed by atoms with Crippen LogP contribution in [-0.2, 0) is 0 Å². The fourth-order valence-corrected chi connectivity index (χ4v) is 4.12. The number of hydrogen-bond acceptors (Lipinski definition) is 5. The lowest BCUT2D eigenvalue weighted by atomic mass is 10.1. The number of para-hydroxylation sites is 2. The molecule has 4 aromatic carbocycles. The SMILES string of the molecule is C(=N/Nc1nc(-c2ccccc2)c2ccccc2n1)/c1cn(-c2ccccc2)nc1-c1ccccc1. The minimum atomic E-state index is 0.431. The van der Waals surface area contributed by atoms with Crippen molar-refractivity contribution in [1.82, 2.24) is 19.7 Å². The van der Waals surface area contributed by atoms with Crippen molar-refractivity contribution in [3.8, 4) is 28.2 Å². The van der Waals surface area contributed by atoms with E-state index >= 15 is 0 Å². The standard InChI is InChI=1S/C30H22N6/c1-4-12-22(13-5-1)28-24(21-36(35-28)25-16-8-3-9-17-25)20-31-34-30-32-27-19-11-10-18-26(27)29(33-30)23-14-6-2-7-15-23/h1-21H,(H,32,33,34)/b31-20-. The summed E-state index contributed by atoms with van der Waals surface area (Å²) in [5, 5.41) is 10.3. The highest BCUT2D eigenvalue weighted by Crippen LogP contribution is 2.27. The van der Waals surface area contributed by atoms with Crippen molar-refractivity contribution in [3.05, 3.63) is 127 Å². The smallest absolute Gasteiger partial charge is 0.244 e. The first-order valence-electron chi connectivity index (χ1n) is 11.7. The van der Waals surface area contributed by atoms with Crippen molar-refractivity contribution in [2.45, 2.75) is 0 Å². The lowest BCUT2D eigenvalue weighted by Crippen LogP contribution is -2.00. The van der Waals surface area contributed by atoms with Crippen LogP contribution in [0.4, 0.5) is 5.95 Å². The van der Waals surface area contributed by atoms with Crippen LogP contribution >= 0.6 is 0 Å². The molecule has 6 heteroatoms. The van der Waals surface area contributed by atoms with E-state index < -0.39 is 0 Å². The van der Waals surface area contributed by atoms with Crippen LogP contribution in [0, 0.1) is 0 Å². The maximum Gasteiger partial charge on any atom is 0.244 e. The van der Waals surface area contributed by atoms with Crippen LogP contribution in [0.2, 0.25) is 0 Å². The number of benzene rings is 4. The minimum absolute atomic E-state index is 0.431. The van der Waals surface area contributed by atoms with Crippen LogP contribution in [0.1, 0.15) is 5.56 Å². The molecular weight excluding hydrogens is 444 g/mol. The molecule has 6 aromatic rings. The highest BCUT2D eigenvalue weighted by atomic mass is 15.3. The summed E-state index contributed by atoms with van der Waals surface area (Å²) in [7, 11) is 0. The zero-order valence-electron chi connectivity index (χ0n) is 19.4. The molecule has 0 unspecified atom stereocenters. The number of hydrazone groups is 1. The van der Waals surface area contributed by atoms with Crippen molar-refractivity contribution in [2.75, 3.05) is 5.43 Å². The predicted octanol–water partition coefficient (Wildman–Crippen LogP) is 6.60. The lowest BCUT2D eigenvalue weighted by Gasteiger charge is -2.08. The van der Waals surface area contributed by atoms with Crippen molar-refractivity contribution in [3.63, 3.8) is 0 Å². The molecule has 0 aliphatic carbocycles. The Morgan fingerprint density at radius 1 is 0.639 bits per heavy atom. The molecule has 6 rings (SSSR count). The van der Waals surface area contributed by atoms with E-state index in [9.17, 15) is 0 Å². The Morgan fingerprint density at radius 2 is 1.25 bits per heavy atom. The molecule has 1 N–H and O–H groups in total. The van der Waals surface area contributed by atoms with Crippen molar-refractivity contribution >= 4 is 23.1 Å². The van der Waals surface area contributed by atoms with Crippen LogP contribution in [0.15, 0.2) is 127 Å². The molecule has 0 spiro atoms. The fraction of sp³-hybridized carbons (Fsp3) is 0. The number of nitrogens with zero attached hydrogens (tertiary/aromatic N) is 5. The summed E-state index contributed by atoms with van der Waals surface area (Å²) >= 11 is 0. The van der Waals surface area contributed by atoms with Crippen molar-refractivity contribution < 1.29 is 0 Å². The van der Waals surface area contributed by atoms with Gasteiger partial charge in [0.2, 0.25) is 5.95 Å². The third kappa shape index (κ3) is 4.35. The monoisotopic (exact) mass is 466 g/mol. The van der Waals surface area contributed by atoms with Gasteiger partial charge in [-0.3, -0.25) is 0 Å². The van der Waals surface area contributed by atoms with E-state index in [1.807, 2.05) is 126 Å². The highest BCUT2D eigenvalue weighted by Gasteiger charge is 2.12. The quantitative estimate of drug-likeness (QED) is 0.222. The summed E-state index contributed by atoms with van der Waals surface area (Å²) in [6, 6.07) is 38.2. The summed E-state index contributed by atoms with van der Waals surface area (Å²) < 4.78 is 1.86. The molecular formula is C30H22N6. The van der Waals surface area contributed by atoms with Crippen LogP contribution in [0.25, 0.3) is 39.1 Å². The molecule has 2 heterocycles. The lowest BCUT2D eigenvalue weighted by molar-refractivity contribution is 0.884. The Bertz CT molecular complexity index is 1640. The molecule has 0 bridgehead atoms. The van der Waals surface area contributed by atoms with E-state index in [4.69, 9.17) is 10.1 Å². The third-order valence-electron chi connectivity index (χ3n) is 5.83. The summed E-state index contributed by atoms with van der Waals surface area (Å²) in [5.41, 5.74) is 9.49. The molecule has 172 valence electrons. The molecule has 0 amide bonds. The van der Waals surface area contributed by atoms with Gasteiger partial charge in [-0.15, -0.1) is 0 Å². The highest BCUT2D eigenvalue weighted by molar-refractivity contribution is 5.93. The van der Waals surface area contributed by atoms with Gasteiger partial charge in [0.05, 0.1) is 23.1 Å². The molecule has 36 heavy (non-hydrogen) atoms. The molecule has 0 fully saturated rings. The van der Waals surface area contributed by atoms with Gasteiger partial charge in [0, 0.05) is 28.3 Å². The molecule has 6 nitrogen and oxygen atoms in total. The van der Waals surface area contributed by atoms with E-state index in [1.54, 1.807) is 6.21 Å². The zero-order chi connectivity index (χ0) is 24.2. The average molecular weight is 467 g/mol. The van der Waals surface area contributed by atoms with Gasteiger partial charge in [-0.2, -0.15) is 10.2 Å². The summed E-state index contributed by atoms with van der Waals surface area (Å²) in [6.45, 7) is 0. The second kappa shape index (κ2) is 9.64. The van der Waals surface area contributed by atoms with Crippen LogP contribution in [0.3, 0.4) is 0 Å². The molecule has 2 aromatic heterocycles. The second-order valence-electron chi connectivity index (χ2n) is 8.23. The Kier molecular flexibility index (Phi) is 5.74. The number of rotatable bonds is 6. The van der Waals surface area contributed by atoms with Gasteiger partial charge < -0.3 is 0 Å². The van der Waals surface area contributed by atoms with Crippen LogP contribution < -0.4 is 5.43 Å². The summed E-state index contributed by atoms with van der Waals surface area (Å²) in [5.74, 6) is 0.431. The fourth-order valence-electron chi connectivity index (χ4n) is 4.12. The number of hydrogen-bond donors (Lipinski definition) is 1. The maximum absolute atomic E-state index is 4.84. The molecule has 0 saturated heterocycles. The number of fused-ring (bicyclic) bond motifs is 1. The molecule has 0 atom stereocenters. The van der Waals surface area contributed by atoms with Gasteiger partial charge in [0.15, 0.2) is 0 Å². The van der Waals surface area contributed by atoms with E-state index in [0.29, 0.717) is 5.95 Å². The van der Waals surface area contributed by atoms with E-state index in [-0.39, 0.29) is 0 Å². The van der Waals surface area contributed by atoms with Gasteiger partial charge >= 0.3 is 0 Å². The first-order valence-corrected chi connectivity index (χ1v) is 11.7. The second-order valence-corrected chi connectivity index (χ2v) is 8.23. The van der Waals surface area contributed by atoms with Crippen molar-refractivity contribution in [2.24, 2.45) is 5.10 Å². The number of nitrogens with one attached hydrogen (secondary N) is 1. The normalized spacial score (nSPS) is 11.2. The Balaban J connectivity index is 1.36. The Hall–Kier alpha value is -5.10. The summed E-state index contributed by atoms with van der Waals surface area (Å²) in [4.78, 5) is 9.45. The summed E-state index contributed by atoms with van der Waals surface area (Å²) in [6.07, 6.45) is 3.73. The predicted molar refractivity (Wildman–Crippen MR) is 145 cm³/mol. The topological polar surface area (TPSA) is 68.0 Å². The first-order chi connectivity index (χ1) is 17.8. The van der Waals surface area contributed by atoms with Gasteiger partial charge in [0.25, 0.3) is 0 Å². The molecule has 0 aliphatic heterocycles. The maximum atomic E-state index is 4.84. The Morgan fingerprint density at radius 3 is 1.97 bits per heavy atom. The van der Waals surface area contributed by atoms with E-state index in [0.717, 1.165) is 44.7 Å². The van der Waals surface area contributed by atoms with Gasteiger partial charge in [-0.25, -0.2) is 20.1 Å². The Labute approximate surface area is 208 Å². The van der Waals surface area contributed by atoms with Crippen molar-refractivity contribution in [1.29, 1.82) is 0 Å². The third-order valence-corrected chi connectivity index (χ3v) is 5.83. The first kappa shape index (κ1) is 21.4. The largest absolute Gasteiger partial charge is 0.245 e. The van der Waals surface area contributed by atoms with E-state index in [1.165, 1.54) is 0 Å². The van der Waals surface area contributed by atoms with E-state index in [2.05, 4.69) is 15.5 Å². The zero-order valence-corrected chi connectivity index (χ0v) is 19.4. The van der Waals surface area contributed by atoms with Crippen LogP contribution in [-0.4, -0.2) is 26.0 Å².